The number of rotatable bonds is 4. The summed E-state index contributed by atoms with van der Waals surface area (Å²) in [4.78, 5) is 15.3. The van der Waals surface area contributed by atoms with Gasteiger partial charge < -0.3 is 14.4 Å². The maximum atomic E-state index is 13.2. The minimum absolute atomic E-state index is 0.0453. The lowest BCUT2D eigenvalue weighted by Gasteiger charge is -2.44. The summed E-state index contributed by atoms with van der Waals surface area (Å²) >= 11 is 0. The number of carbonyl (C=O) groups excluding carboxylic acids is 1. The number of sulfonamides is 1. The first-order valence-electron chi connectivity index (χ1n) is 11.8. The largest absolute Gasteiger partial charge is 0.490 e. The van der Waals surface area contributed by atoms with Gasteiger partial charge in [0, 0.05) is 36.3 Å². The molecule has 1 saturated heterocycles. The van der Waals surface area contributed by atoms with Crippen molar-refractivity contribution in [3.8, 4) is 11.5 Å². The molecule has 2 aromatic rings. The quantitative estimate of drug-likeness (QED) is 0.714. The first-order chi connectivity index (χ1) is 16.0. The average molecular weight is 471 g/mol. The predicted molar refractivity (Wildman–Crippen MR) is 125 cm³/mol. The van der Waals surface area contributed by atoms with Crippen LogP contribution in [0.3, 0.4) is 0 Å². The summed E-state index contributed by atoms with van der Waals surface area (Å²) < 4.78 is 39.6. The van der Waals surface area contributed by atoms with Crippen LogP contribution in [0.5, 0.6) is 11.5 Å². The Kier molecular flexibility index (Phi) is 6.19. The van der Waals surface area contributed by atoms with Gasteiger partial charge in [-0.05, 0) is 68.0 Å². The number of amides is 1. The van der Waals surface area contributed by atoms with Crippen LogP contribution in [-0.4, -0.2) is 45.0 Å². The standard InChI is InChI=1S/C25H30N2O5S/c28-25(27-14-3-6-18-5-1-2-7-22(18)27)19-8-10-20(11-9-19)26-33(29,30)21-12-13-23-24(17-21)32-16-4-15-31-23/h8-13,17-18,22,26H,1-7,14-16H2/t18-,22+/m1/s1. The highest BCUT2D eigenvalue weighted by molar-refractivity contribution is 7.92. The molecule has 1 N–H and O–H groups in total. The first kappa shape index (κ1) is 22.1. The molecule has 1 aliphatic carbocycles. The van der Waals surface area contributed by atoms with Gasteiger partial charge in [0.1, 0.15) is 0 Å². The second kappa shape index (κ2) is 9.25. The number of likely N-dealkylation sites (tertiary alicyclic amines) is 1. The van der Waals surface area contributed by atoms with Crippen LogP contribution in [0.4, 0.5) is 5.69 Å². The molecule has 0 aromatic heterocycles. The van der Waals surface area contributed by atoms with Gasteiger partial charge in [-0.2, -0.15) is 0 Å². The fraction of sp³-hybridized carbons (Fsp3) is 0.480. The molecule has 2 heterocycles. The fourth-order valence-electron chi connectivity index (χ4n) is 5.25. The molecule has 176 valence electrons. The molecular weight excluding hydrogens is 440 g/mol. The Labute approximate surface area is 195 Å². The van der Waals surface area contributed by atoms with Gasteiger partial charge in [0.05, 0.1) is 18.1 Å². The van der Waals surface area contributed by atoms with E-state index < -0.39 is 10.0 Å². The third kappa shape index (κ3) is 4.67. The highest BCUT2D eigenvalue weighted by Gasteiger charge is 2.36. The van der Waals surface area contributed by atoms with Gasteiger partial charge in [-0.15, -0.1) is 0 Å². The number of carbonyl (C=O) groups is 1. The Hall–Kier alpha value is -2.74. The summed E-state index contributed by atoms with van der Waals surface area (Å²) in [6, 6.07) is 11.7. The molecule has 8 heteroatoms. The van der Waals surface area contributed by atoms with Crippen LogP contribution in [0.1, 0.15) is 55.3 Å². The highest BCUT2D eigenvalue weighted by atomic mass is 32.2. The van der Waals surface area contributed by atoms with Crippen molar-refractivity contribution >= 4 is 21.6 Å². The van der Waals surface area contributed by atoms with Crippen LogP contribution in [0.15, 0.2) is 47.4 Å². The summed E-state index contributed by atoms with van der Waals surface area (Å²) in [5, 5.41) is 0. The maximum Gasteiger partial charge on any atom is 0.262 e. The van der Waals surface area contributed by atoms with E-state index in [1.807, 2.05) is 4.90 Å². The molecule has 1 saturated carbocycles. The van der Waals surface area contributed by atoms with Crippen LogP contribution in [-0.2, 0) is 10.0 Å². The molecule has 2 aromatic carbocycles. The van der Waals surface area contributed by atoms with Crippen molar-refractivity contribution in [1.82, 2.24) is 4.90 Å². The number of nitrogens with one attached hydrogen (secondary N) is 1. The molecular formula is C25H30N2O5S. The summed E-state index contributed by atoms with van der Waals surface area (Å²) in [6.45, 7) is 1.83. The van der Waals surface area contributed by atoms with Crippen LogP contribution in [0, 0.1) is 5.92 Å². The minimum Gasteiger partial charge on any atom is -0.490 e. The number of benzene rings is 2. The zero-order valence-corrected chi connectivity index (χ0v) is 19.5. The van der Waals surface area contributed by atoms with Crippen molar-refractivity contribution in [3.63, 3.8) is 0 Å². The zero-order chi connectivity index (χ0) is 22.8. The van der Waals surface area contributed by atoms with E-state index in [2.05, 4.69) is 4.72 Å². The molecule has 5 rings (SSSR count). The fourth-order valence-corrected chi connectivity index (χ4v) is 6.32. The van der Waals surface area contributed by atoms with E-state index in [4.69, 9.17) is 9.47 Å². The second-order valence-electron chi connectivity index (χ2n) is 9.09. The zero-order valence-electron chi connectivity index (χ0n) is 18.7. The molecule has 0 bridgehead atoms. The van der Waals surface area contributed by atoms with E-state index >= 15 is 0 Å². The lowest BCUT2D eigenvalue weighted by molar-refractivity contribution is 0.0390. The third-order valence-corrected chi connectivity index (χ3v) is 8.30. The van der Waals surface area contributed by atoms with Gasteiger partial charge in [0.2, 0.25) is 0 Å². The summed E-state index contributed by atoms with van der Waals surface area (Å²) in [5.74, 6) is 1.65. The Morgan fingerprint density at radius 2 is 1.61 bits per heavy atom. The van der Waals surface area contributed by atoms with E-state index in [-0.39, 0.29) is 10.8 Å². The monoisotopic (exact) mass is 470 g/mol. The topological polar surface area (TPSA) is 84.9 Å². The van der Waals surface area contributed by atoms with E-state index in [1.54, 1.807) is 30.3 Å². The molecule has 2 atom stereocenters. The Morgan fingerprint density at radius 1 is 0.879 bits per heavy atom. The summed E-state index contributed by atoms with van der Waals surface area (Å²) in [7, 11) is -3.81. The molecule has 7 nitrogen and oxygen atoms in total. The smallest absolute Gasteiger partial charge is 0.262 e. The van der Waals surface area contributed by atoms with Gasteiger partial charge >= 0.3 is 0 Å². The first-order valence-corrected chi connectivity index (χ1v) is 13.3. The Balaban J connectivity index is 1.29. The SMILES string of the molecule is O=C(c1ccc(NS(=O)(=O)c2ccc3c(c2)OCCCO3)cc1)N1CCC[C@H]2CCCC[C@@H]21. The number of hydrogen-bond acceptors (Lipinski definition) is 5. The number of piperidine rings is 1. The van der Waals surface area contributed by atoms with Crippen molar-refractivity contribution in [3.05, 3.63) is 48.0 Å². The molecule has 0 radical (unpaired) electrons. The molecule has 0 unspecified atom stereocenters. The van der Waals surface area contributed by atoms with Gasteiger partial charge in [-0.1, -0.05) is 12.8 Å². The lowest BCUT2D eigenvalue weighted by Crippen LogP contribution is -2.49. The highest BCUT2D eigenvalue weighted by Crippen LogP contribution is 2.36. The Bertz CT molecular complexity index is 1110. The third-order valence-electron chi connectivity index (χ3n) is 6.92. The summed E-state index contributed by atoms with van der Waals surface area (Å²) in [5.41, 5.74) is 1.01. The molecule has 3 aliphatic rings. The van der Waals surface area contributed by atoms with E-state index in [1.165, 1.54) is 37.8 Å². The van der Waals surface area contributed by atoms with Crippen molar-refractivity contribution in [1.29, 1.82) is 0 Å². The van der Waals surface area contributed by atoms with Gasteiger partial charge in [-0.25, -0.2) is 8.42 Å². The van der Waals surface area contributed by atoms with E-state index in [0.717, 1.165) is 25.8 Å². The van der Waals surface area contributed by atoms with Crippen LogP contribution < -0.4 is 14.2 Å². The van der Waals surface area contributed by atoms with Crippen LogP contribution in [0.2, 0.25) is 0 Å². The number of ether oxygens (including phenoxy) is 2. The molecule has 33 heavy (non-hydrogen) atoms. The minimum atomic E-state index is -3.81. The normalized spacial score (nSPS) is 22.7. The maximum absolute atomic E-state index is 13.2. The Morgan fingerprint density at radius 3 is 2.42 bits per heavy atom. The van der Waals surface area contributed by atoms with Gasteiger partial charge in [-0.3, -0.25) is 9.52 Å². The number of hydrogen-bond donors (Lipinski definition) is 1. The van der Waals surface area contributed by atoms with Crippen molar-refractivity contribution in [2.75, 3.05) is 24.5 Å². The molecule has 2 fully saturated rings. The number of fused-ring (bicyclic) bond motifs is 2. The van der Waals surface area contributed by atoms with Crippen LogP contribution in [0.25, 0.3) is 0 Å². The van der Waals surface area contributed by atoms with Crippen molar-refractivity contribution < 1.29 is 22.7 Å². The number of nitrogens with zero attached hydrogens (tertiary/aromatic N) is 1. The van der Waals surface area contributed by atoms with Crippen molar-refractivity contribution in [2.24, 2.45) is 5.92 Å². The molecule has 1 amide bonds. The number of anilines is 1. The average Bonchev–Trinajstić information content (AvgIpc) is 3.08. The van der Waals surface area contributed by atoms with Gasteiger partial charge in [0.25, 0.3) is 15.9 Å². The second-order valence-corrected chi connectivity index (χ2v) is 10.8. The van der Waals surface area contributed by atoms with E-state index in [9.17, 15) is 13.2 Å². The molecule has 2 aliphatic heterocycles. The molecule has 0 spiro atoms. The van der Waals surface area contributed by atoms with Gasteiger partial charge in [0.15, 0.2) is 11.5 Å². The van der Waals surface area contributed by atoms with E-state index in [0.29, 0.717) is 47.9 Å². The predicted octanol–water partition coefficient (Wildman–Crippen LogP) is 4.44. The van der Waals surface area contributed by atoms with Crippen LogP contribution >= 0.6 is 0 Å². The lowest BCUT2D eigenvalue weighted by atomic mass is 9.78. The van der Waals surface area contributed by atoms with Crippen molar-refractivity contribution in [2.45, 2.75) is 55.9 Å². The summed E-state index contributed by atoms with van der Waals surface area (Å²) in [6.07, 6.45) is 7.78.